The zero-order valence-electron chi connectivity index (χ0n) is 12.1. The van der Waals surface area contributed by atoms with Gasteiger partial charge in [0.15, 0.2) is 11.2 Å². The van der Waals surface area contributed by atoms with Gasteiger partial charge in [0.05, 0.1) is 6.61 Å². The zero-order valence-corrected chi connectivity index (χ0v) is 12.1. The van der Waals surface area contributed by atoms with E-state index in [4.69, 9.17) is 13.9 Å². The van der Waals surface area contributed by atoms with Gasteiger partial charge in [0.2, 0.25) is 0 Å². The lowest BCUT2D eigenvalue weighted by Crippen LogP contribution is -2.29. The largest absolute Gasteiger partial charge is 0.462 e. The number of hydrogen-bond donors (Lipinski definition) is 0. The second-order valence-electron chi connectivity index (χ2n) is 4.35. The molecule has 1 unspecified atom stereocenters. The molecule has 2 heterocycles. The van der Waals surface area contributed by atoms with Crippen LogP contribution in [-0.4, -0.2) is 35.3 Å². The Kier molecular flexibility index (Phi) is 5.10. The fraction of sp³-hybridized carbons (Fsp3) is 0.500. The van der Waals surface area contributed by atoms with Gasteiger partial charge in [-0.2, -0.15) is 0 Å². The van der Waals surface area contributed by atoms with Crippen LogP contribution >= 0.6 is 0 Å². The van der Waals surface area contributed by atoms with Gasteiger partial charge in [-0.05, 0) is 25.5 Å². The molecule has 0 aliphatic heterocycles. The summed E-state index contributed by atoms with van der Waals surface area (Å²) in [6, 6.07) is 2.54. The van der Waals surface area contributed by atoms with Crippen molar-refractivity contribution in [2.45, 2.75) is 26.3 Å². The fourth-order valence-corrected chi connectivity index (χ4v) is 2.04. The lowest BCUT2D eigenvalue weighted by Gasteiger charge is -2.14. The van der Waals surface area contributed by atoms with Crippen molar-refractivity contribution in [1.82, 2.24) is 9.55 Å². The van der Waals surface area contributed by atoms with E-state index in [1.807, 2.05) is 6.92 Å². The van der Waals surface area contributed by atoms with Crippen LogP contribution in [-0.2, 0) is 14.3 Å². The van der Waals surface area contributed by atoms with Crippen LogP contribution in [0, 0.1) is 0 Å². The number of hydrogen-bond acceptors (Lipinski definition) is 6. The molecule has 0 bridgehead atoms. The summed E-state index contributed by atoms with van der Waals surface area (Å²) in [6.07, 6.45) is 1.94. The molecule has 0 fully saturated rings. The van der Waals surface area contributed by atoms with Gasteiger partial charge in [-0.25, -0.2) is 19.1 Å². The smallest absolute Gasteiger partial charge is 0.422 e. The molecular formula is C14H18N2O5. The molecular weight excluding hydrogens is 276 g/mol. The Bertz CT molecular complexity index is 661. The predicted octanol–water partition coefficient (Wildman–Crippen LogP) is 1.52. The summed E-state index contributed by atoms with van der Waals surface area (Å²) in [5, 5.41) is 0. The number of ether oxygens (including phenoxy) is 2. The molecule has 0 aromatic carbocycles. The Labute approximate surface area is 121 Å². The van der Waals surface area contributed by atoms with E-state index in [0.717, 1.165) is 0 Å². The molecule has 21 heavy (non-hydrogen) atoms. The van der Waals surface area contributed by atoms with E-state index in [0.29, 0.717) is 30.9 Å². The Balaban J connectivity index is 2.21. The zero-order chi connectivity index (χ0) is 15.2. The highest BCUT2D eigenvalue weighted by molar-refractivity contribution is 5.77. The van der Waals surface area contributed by atoms with Crippen molar-refractivity contribution in [1.29, 1.82) is 0 Å². The highest BCUT2D eigenvalue weighted by atomic mass is 16.6. The molecule has 1 atom stereocenters. The second-order valence-corrected chi connectivity index (χ2v) is 4.35. The Morgan fingerprint density at radius 1 is 1.43 bits per heavy atom. The standard InChI is InChI=1S/C14H18N2O5/c1-3-10(13(17)20-9-8-19-4-2)16-12-11(21-14(16)18)6-5-7-15-12/h5-7,10H,3-4,8-9H2,1-2H3. The van der Waals surface area contributed by atoms with Gasteiger partial charge in [0.1, 0.15) is 12.6 Å². The van der Waals surface area contributed by atoms with Crippen LogP contribution < -0.4 is 5.76 Å². The number of pyridine rings is 1. The number of oxazole rings is 1. The van der Waals surface area contributed by atoms with Crippen LogP contribution in [0.15, 0.2) is 27.5 Å². The van der Waals surface area contributed by atoms with Crippen LogP contribution in [0.3, 0.4) is 0 Å². The maximum atomic E-state index is 12.1. The molecule has 0 saturated heterocycles. The first kappa shape index (κ1) is 15.2. The number of carbonyl (C=O) groups is 1. The summed E-state index contributed by atoms with van der Waals surface area (Å²) >= 11 is 0. The molecule has 0 aliphatic carbocycles. The topological polar surface area (TPSA) is 83.6 Å². The van der Waals surface area contributed by atoms with Crippen LogP contribution in [0.1, 0.15) is 26.3 Å². The molecule has 7 heteroatoms. The lowest BCUT2D eigenvalue weighted by molar-refractivity contribution is -0.149. The Morgan fingerprint density at radius 3 is 2.95 bits per heavy atom. The predicted molar refractivity (Wildman–Crippen MR) is 75.0 cm³/mol. The maximum absolute atomic E-state index is 12.1. The van der Waals surface area contributed by atoms with Crippen molar-refractivity contribution >= 4 is 17.2 Å². The van der Waals surface area contributed by atoms with Gasteiger partial charge < -0.3 is 13.9 Å². The summed E-state index contributed by atoms with van der Waals surface area (Å²) in [4.78, 5) is 28.2. The summed E-state index contributed by atoms with van der Waals surface area (Å²) in [6.45, 7) is 4.70. The minimum Gasteiger partial charge on any atom is -0.462 e. The molecule has 2 aromatic rings. The Hall–Kier alpha value is -2.15. The van der Waals surface area contributed by atoms with Crippen molar-refractivity contribution < 1.29 is 18.7 Å². The number of nitrogens with zero attached hydrogens (tertiary/aromatic N) is 2. The van der Waals surface area contributed by atoms with Gasteiger partial charge in [-0.15, -0.1) is 0 Å². The van der Waals surface area contributed by atoms with Crippen LogP contribution in [0.5, 0.6) is 0 Å². The molecule has 114 valence electrons. The van der Waals surface area contributed by atoms with E-state index in [-0.39, 0.29) is 6.61 Å². The molecule has 0 amide bonds. The third-order valence-electron chi connectivity index (χ3n) is 3.02. The Morgan fingerprint density at radius 2 is 2.24 bits per heavy atom. The number of esters is 1. The van der Waals surface area contributed by atoms with E-state index < -0.39 is 17.8 Å². The molecule has 0 saturated carbocycles. The van der Waals surface area contributed by atoms with E-state index in [9.17, 15) is 9.59 Å². The summed E-state index contributed by atoms with van der Waals surface area (Å²) in [7, 11) is 0. The summed E-state index contributed by atoms with van der Waals surface area (Å²) < 4.78 is 16.6. The highest BCUT2D eigenvalue weighted by Crippen LogP contribution is 2.18. The molecule has 0 radical (unpaired) electrons. The van der Waals surface area contributed by atoms with Gasteiger partial charge in [-0.1, -0.05) is 6.92 Å². The van der Waals surface area contributed by atoms with E-state index in [2.05, 4.69) is 4.98 Å². The minimum absolute atomic E-state index is 0.154. The SMILES string of the molecule is CCOCCOC(=O)C(CC)n1c(=O)oc2cccnc21. The first-order valence-electron chi connectivity index (χ1n) is 6.89. The van der Waals surface area contributed by atoms with Crippen molar-refractivity contribution in [3.05, 3.63) is 28.9 Å². The highest BCUT2D eigenvalue weighted by Gasteiger charge is 2.26. The molecule has 0 N–H and O–H groups in total. The molecule has 2 aromatic heterocycles. The van der Waals surface area contributed by atoms with Gasteiger partial charge >= 0.3 is 11.7 Å². The van der Waals surface area contributed by atoms with E-state index in [1.54, 1.807) is 25.3 Å². The third kappa shape index (κ3) is 3.30. The first-order chi connectivity index (χ1) is 10.2. The van der Waals surface area contributed by atoms with Crippen LogP contribution in [0.4, 0.5) is 0 Å². The second kappa shape index (κ2) is 7.03. The maximum Gasteiger partial charge on any atom is 0.422 e. The molecule has 2 rings (SSSR count). The van der Waals surface area contributed by atoms with Crippen molar-refractivity contribution in [2.24, 2.45) is 0 Å². The van der Waals surface area contributed by atoms with Crippen molar-refractivity contribution in [3.63, 3.8) is 0 Å². The number of rotatable bonds is 7. The molecule has 0 aliphatic rings. The van der Waals surface area contributed by atoms with Gasteiger partial charge in [0.25, 0.3) is 0 Å². The number of aromatic nitrogens is 2. The van der Waals surface area contributed by atoms with Crippen molar-refractivity contribution in [2.75, 3.05) is 19.8 Å². The number of fused-ring (bicyclic) bond motifs is 1. The summed E-state index contributed by atoms with van der Waals surface area (Å²) in [5.74, 6) is -1.11. The normalized spacial score (nSPS) is 12.5. The van der Waals surface area contributed by atoms with E-state index in [1.165, 1.54) is 4.57 Å². The average molecular weight is 294 g/mol. The molecule has 0 spiro atoms. The van der Waals surface area contributed by atoms with Crippen molar-refractivity contribution in [3.8, 4) is 0 Å². The third-order valence-corrected chi connectivity index (χ3v) is 3.02. The number of carbonyl (C=O) groups excluding carboxylic acids is 1. The lowest BCUT2D eigenvalue weighted by atomic mass is 10.2. The van der Waals surface area contributed by atoms with Crippen LogP contribution in [0.25, 0.3) is 11.2 Å². The van der Waals surface area contributed by atoms with Gasteiger partial charge in [0, 0.05) is 12.8 Å². The summed E-state index contributed by atoms with van der Waals surface area (Å²) in [5.41, 5.74) is 0.694. The molecule has 7 nitrogen and oxygen atoms in total. The fourth-order valence-electron chi connectivity index (χ4n) is 2.04. The van der Waals surface area contributed by atoms with E-state index >= 15 is 0 Å². The minimum atomic E-state index is -0.754. The monoisotopic (exact) mass is 294 g/mol. The van der Waals surface area contributed by atoms with Gasteiger partial charge in [-0.3, -0.25) is 0 Å². The van der Waals surface area contributed by atoms with Crippen LogP contribution in [0.2, 0.25) is 0 Å². The average Bonchev–Trinajstić information content (AvgIpc) is 2.81. The first-order valence-corrected chi connectivity index (χ1v) is 6.89. The quantitative estimate of drug-likeness (QED) is 0.568.